The van der Waals surface area contributed by atoms with Gasteiger partial charge in [-0.3, -0.25) is 4.98 Å². The Bertz CT molecular complexity index is 386. The van der Waals surface area contributed by atoms with Crippen molar-refractivity contribution in [2.24, 2.45) is 0 Å². The van der Waals surface area contributed by atoms with Crippen molar-refractivity contribution in [3.63, 3.8) is 0 Å². The first-order chi connectivity index (χ1) is 8.57. The molecule has 18 heavy (non-hydrogen) atoms. The van der Waals surface area contributed by atoms with Gasteiger partial charge in [0.2, 0.25) is 0 Å². The molecule has 2 heterocycles. The predicted octanol–water partition coefficient (Wildman–Crippen LogP) is 2.47. The molecule has 1 aromatic heterocycles. The number of hydrogen-bond donors (Lipinski definition) is 2. The summed E-state index contributed by atoms with van der Waals surface area (Å²) in [4.78, 5) is 4.01. The Morgan fingerprint density at radius 1 is 1.56 bits per heavy atom. The molecule has 2 atom stereocenters. The van der Waals surface area contributed by atoms with Crippen LogP contribution in [-0.2, 0) is 6.42 Å². The van der Waals surface area contributed by atoms with Gasteiger partial charge < -0.3 is 11.1 Å². The summed E-state index contributed by atoms with van der Waals surface area (Å²) in [5.74, 6) is 0. The molecular formula is C14H22FN3. The van der Waals surface area contributed by atoms with Crippen LogP contribution in [0.3, 0.4) is 0 Å². The van der Waals surface area contributed by atoms with Crippen LogP contribution >= 0.6 is 0 Å². The number of nitrogens with one attached hydrogen (secondary N) is 1. The maximum absolute atomic E-state index is 14.6. The summed E-state index contributed by atoms with van der Waals surface area (Å²) in [6.07, 6.45) is 7.66. The van der Waals surface area contributed by atoms with E-state index in [4.69, 9.17) is 5.73 Å². The van der Waals surface area contributed by atoms with E-state index in [1.165, 1.54) is 12.8 Å². The van der Waals surface area contributed by atoms with Gasteiger partial charge in [0, 0.05) is 30.5 Å². The van der Waals surface area contributed by atoms with Gasteiger partial charge in [0.1, 0.15) is 5.67 Å². The molecule has 4 heteroatoms. The Morgan fingerprint density at radius 3 is 3.06 bits per heavy atom. The number of nitrogens with two attached hydrogens (primary N) is 1. The van der Waals surface area contributed by atoms with Crippen molar-refractivity contribution in [3.05, 3.63) is 24.0 Å². The Kier molecular flexibility index (Phi) is 4.17. The second-order valence-electron chi connectivity index (χ2n) is 5.52. The Morgan fingerprint density at radius 2 is 2.39 bits per heavy atom. The molecule has 0 radical (unpaired) electrons. The summed E-state index contributed by atoms with van der Waals surface area (Å²) in [6.45, 7) is 2.67. The number of piperidine rings is 1. The van der Waals surface area contributed by atoms with E-state index in [1.807, 2.05) is 0 Å². The molecule has 1 saturated heterocycles. The average molecular weight is 251 g/mol. The third kappa shape index (κ3) is 3.67. The first-order valence-electron chi connectivity index (χ1n) is 6.67. The molecule has 1 aliphatic rings. The molecule has 0 saturated carbocycles. The second-order valence-corrected chi connectivity index (χ2v) is 5.52. The van der Waals surface area contributed by atoms with Crippen LogP contribution in [0.5, 0.6) is 0 Å². The van der Waals surface area contributed by atoms with Crippen LogP contribution in [0.2, 0.25) is 0 Å². The normalized spacial score (nSPS) is 23.6. The largest absolute Gasteiger partial charge is 0.398 e. The summed E-state index contributed by atoms with van der Waals surface area (Å²) in [6, 6.07) is 2.02. The van der Waals surface area contributed by atoms with E-state index in [0.717, 1.165) is 18.5 Å². The van der Waals surface area contributed by atoms with Crippen LogP contribution in [0.15, 0.2) is 18.5 Å². The highest BCUT2D eigenvalue weighted by atomic mass is 19.1. The zero-order valence-electron chi connectivity index (χ0n) is 11.0. The summed E-state index contributed by atoms with van der Waals surface area (Å²) in [5.41, 5.74) is 6.04. The number of hydrogen-bond acceptors (Lipinski definition) is 3. The minimum Gasteiger partial charge on any atom is -0.398 e. The summed E-state index contributed by atoms with van der Waals surface area (Å²) in [5, 5.41) is 3.39. The third-order valence-corrected chi connectivity index (χ3v) is 3.58. The van der Waals surface area contributed by atoms with Crippen molar-refractivity contribution in [2.45, 2.75) is 50.7 Å². The zero-order chi connectivity index (χ0) is 13.0. The molecule has 0 bridgehead atoms. The summed E-state index contributed by atoms with van der Waals surface area (Å²) < 4.78 is 14.6. The van der Waals surface area contributed by atoms with Gasteiger partial charge in [0.15, 0.2) is 0 Å². The van der Waals surface area contributed by atoms with Gasteiger partial charge in [0.05, 0.1) is 0 Å². The fraction of sp³-hybridized carbons (Fsp3) is 0.643. The van der Waals surface area contributed by atoms with Gasteiger partial charge in [-0.2, -0.15) is 0 Å². The van der Waals surface area contributed by atoms with E-state index in [-0.39, 0.29) is 0 Å². The number of alkyl halides is 1. The van der Waals surface area contributed by atoms with E-state index in [1.54, 1.807) is 25.4 Å². The standard InChI is InChI=1S/C14H22FN3/c1-14(15,9-12-4-2-3-6-18-12)8-11-10-17-7-5-13(11)16/h5,7,10,12,18H,2-4,6,8-9H2,1H3,(H2,16,17). The van der Waals surface area contributed by atoms with Crippen LogP contribution in [0.1, 0.15) is 38.2 Å². The molecule has 2 unspecified atom stereocenters. The van der Waals surface area contributed by atoms with E-state index in [0.29, 0.717) is 24.6 Å². The fourth-order valence-electron chi connectivity index (χ4n) is 2.67. The SMILES string of the molecule is CC(F)(Cc1cnccc1N)CC1CCCCN1. The van der Waals surface area contributed by atoms with Crippen molar-refractivity contribution in [2.75, 3.05) is 12.3 Å². The first kappa shape index (κ1) is 13.3. The van der Waals surface area contributed by atoms with Gasteiger partial charge in [0.25, 0.3) is 0 Å². The lowest BCUT2D eigenvalue weighted by Crippen LogP contribution is -2.40. The van der Waals surface area contributed by atoms with Crippen molar-refractivity contribution in [1.29, 1.82) is 0 Å². The Labute approximate surface area is 108 Å². The lowest BCUT2D eigenvalue weighted by molar-refractivity contribution is 0.146. The highest BCUT2D eigenvalue weighted by Crippen LogP contribution is 2.27. The van der Waals surface area contributed by atoms with Gasteiger partial charge in [-0.1, -0.05) is 6.42 Å². The molecule has 1 aromatic rings. The van der Waals surface area contributed by atoms with Crippen molar-refractivity contribution in [3.8, 4) is 0 Å². The molecule has 1 aliphatic heterocycles. The maximum Gasteiger partial charge on any atom is 0.113 e. The van der Waals surface area contributed by atoms with Gasteiger partial charge in [-0.25, -0.2) is 4.39 Å². The monoisotopic (exact) mass is 251 g/mol. The Hall–Kier alpha value is -1.16. The lowest BCUT2D eigenvalue weighted by atomic mass is 9.88. The van der Waals surface area contributed by atoms with Crippen LogP contribution in [-0.4, -0.2) is 23.2 Å². The Balaban J connectivity index is 1.96. The first-order valence-corrected chi connectivity index (χ1v) is 6.67. The van der Waals surface area contributed by atoms with Crippen molar-refractivity contribution in [1.82, 2.24) is 10.3 Å². The minimum atomic E-state index is -1.23. The highest BCUT2D eigenvalue weighted by Gasteiger charge is 2.29. The molecular weight excluding hydrogens is 229 g/mol. The molecule has 0 spiro atoms. The molecule has 0 aliphatic carbocycles. The van der Waals surface area contributed by atoms with E-state index < -0.39 is 5.67 Å². The van der Waals surface area contributed by atoms with E-state index >= 15 is 0 Å². The number of rotatable bonds is 4. The van der Waals surface area contributed by atoms with Gasteiger partial charge in [-0.15, -0.1) is 0 Å². The molecule has 100 valence electrons. The number of aromatic nitrogens is 1. The van der Waals surface area contributed by atoms with Crippen LogP contribution in [0.4, 0.5) is 10.1 Å². The molecule has 3 nitrogen and oxygen atoms in total. The van der Waals surface area contributed by atoms with Gasteiger partial charge in [-0.05, 0) is 44.4 Å². The summed E-state index contributed by atoms with van der Waals surface area (Å²) >= 11 is 0. The molecule has 2 rings (SSSR count). The number of nitrogen functional groups attached to an aromatic ring is 1. The highest BCUT2D eigenvalue weighted by molar-refractivity contribution is 5.44. The molecule has 1 fully saturated rings. The number of nitrogens with zero attached hydrogens (tertiary/aromatic N) is 1. The van der Waals surface area contributed by atoms with Crippen LogP contribution in [0.25, 0.3) is 0 Å². The molecule has 0 amide bonds. The summed E-state index contributed by atoms with van der Waals surface area (Å²) in [7, 11) is 0. The average Bonchev–Trinajstić information content (AvgIpc) is 2.32. The van der Waals surface area contributed by atoms with Crippen molar-refractivity contribution >= 4 is 5.69 Å². The molecule has 3 N–H and O–H groups in total. The maximum atomic E-state index is 14.6. The zero-order valence-corrected chi connectivity index (χ0v) is 11.0. The predicted molar refractivity (Wildman–Crippen MR) is 72.1 cm³/mol. The van der Waals surface area contributed by atoms with Crippen LogP contribution < -0.4 is 11.1 Å². The number of pyridine rings is 1. The minimum absolute atomic E-state index is 0.298. The van der Waals surface area contributed by atoms with Gasteiger partial charge >= 0.3 is 0 Å². The quantitative estimate of drug-likeness (QED) is 0.864. The number of halogens is 1. The van der Waals surface area contributed by atoms with E-state index in [9.17, 15) is 4.39 Å². The topological polar surface area (TPSA) is 50.9 Å². The smallest absolute Gasteiger partial charge is 0.113 e. The second kappa shape index (κ2) is 5.65. The van der Waals surface area contributed by atoms with E-state index in [2.05, 4.69) is 10.3 Å². The fourth-order valence-corrected chi connectivity index (χ4v) is 2.67. The van der Waals surface area contributed by atoms with Crippen LogP contribution in [0, 0.1) is 0 Å². The van der Waals surface area contributed by atoms with Crippen molar-refractivity contribution < 1.29 is 4.39 Å². The molecule has 0 aromatic carbocycles. The third-order valence-electron chi connectivity index (χ3n) is 3.58. The lowest BCUT2D eigenvalue weighted by Gasteiger charge is -2.30. The number of anilines is 1.